The van der Waals surface area contributed by atoms with E-state index in [0.717, 1.165) is 45.4 Å². The smallest absolute Gasteiger partial charge is 0.341 e. The van der Waals surface area contributed by atoms with Gasteiger partial charge in [0.05, 0.1) is 12.7 Å². The van der Waals surface area contributed by atoms with Crippen LogP contribution in [0.25, 0.3) is 0 Å². The SMILES string of the molecule is CC.Cc1cn(C)c(=O)n(C)c1=O.Cc1cncn(C)c1=O.Cc1nn(C)c(=O)n(C)c1=O.Cc1nn(C)c(=O)n1C.Cc1nn(C)c(=O)n1C.Cc1nn(C)c(=S)n1C.Cn1c(=O)n(C)n(C)c1=O.Cn1ccnc1.Cn1cnn(C)c1=S. The van der Waals surface area contributed by atoms with Crippen LogP contribution in [0.1, 0.15) is 48.1 Å². The summed E-state index contributed by atoms with van der Waals surface area (Å²) in [5.41, 5.74) is -0.406. The van der Waals surface area contributed by atoms with Crippen LogP contribution in [0.5, 0.6) is 0 Å². The summed E-state index contributed by atoms with van der Waals surface area (Å²) in [5, 5.41) is 19.4. The third kappa shape index (κ3) is 21.2. The Labute approximate surface area is 493 Å². The second kappa shape index (κ2) is 34.2. The standard InChI is InChI=1S/C7H10N2O2.C6H9N3O2.C6H8N2O.C5H9N3O2.2C5H9N3O.C5H9N3S.C4H7N3S.C4H6N2.C2H6/c1-5-4-8(2)7(11)9(3)6(5)10;1-4-5(10)8(2)6(11)9(3)7-4;1-5-3-7-4-8(2)6(5)9;1-6-4(9)7(2)8(3)5(6)10;3*1-4-6-8(3)5(9)7(4)2;1-6-3-5-7(2)4(6)8;1-6-3-2-5-4-6;1-2/h4H,1-3H3;1-3H3;3-4H,1-2H3;1-3H3;3*1-3H3;3H,1-2H3;2-4H,1H3;1-2H3. The molecule has 9 heterocycles. The minimum Gasteiger partial charge on any atom is -0.341 e. The van der Waals surface area contributed by atoms with Gasteiger partial charge in [0.1, 0.15) is 29.5 Å². The second-order valence-corrected chi connectivity index (χ2v) is 18.7. The molecule has 9 aromatic heterocycles. The molecule has 84 heavy (non-hydrogen) atoms. The molecular formula is C49H82N24O9S2. The van der Waals surface area contributed by atoms with Crippen molar-refractivity contribution >= 4 is 24.4 Å². The molecule has 0 unspecified atom stereocenters. The zero-order chi connectivity index (χ0) is 65.5. The topological polar surface area (TPSA) is 328 Å². The highest BCUT2D eigenvalue weighted by Crippen LogP contribution is 1.93. The third-order valence-corrected chi connectivity index (χ3v) is 12.6. The molecular weight excluding hydrogens is 1130 g/mol. The molecule has 0 radical (unpaired) electrons. The van der Waals surface area contributed by atoms with Crippen LogP contribution in [0.2, 0.25) is 0 Å². The van der Waals surface area contributed by atoms with Gasteiger partial charge in [0.25, 0.3) is 16.7 Å². The number of imidazole rings is 1. The quantitative estimate of drug-likeness (QED) is 0.152. The van der Waals surface area contributed by atoms with E-state index in [4.69, 9.17) is 24.4 Å². The first kappa shape index (κ1) is 74.7. The summed E-state index contributed by atoms with van der Waals surface area (Å²) in [4.78, 5) is 106. The van der Waals surface area contributed by atoms with Gasteiger partial charge in [-0.15, -0.1) is 0 Å². The highest BCUT2D eigenvalue weighted by molar-refractivity contribution is 7.71. The minimum atomic E-state index is -0.402. The monoisotopic (exact) mass is 1210 g/mol. The summed E-state index contributed by atoms with van der Waals surface area (Å²) in [6.45, 7) is 14.5. The van der Waals surface area contributed by atoms with Gasteiger partial charge < -0.3 is 22.8 Å². The molecule has 0 atom stereocenters. The predicted molar refractivity (Wildman–Crippen MR) is 323 cm³/mol. The highest BCUT2D eigenvalue weighted by atomic mass is 32.1. The van der Waals surface area contributed by atoms with Gasteiger partial charge in [-0.1, -0.05) is 13.8 Å². The first-order valence-electron chi connectivity index (χ1n) is 25.1. The lowest BCUT2D eigenvalue weighted by molar-refractivity contribution is 0.565. The van der Waals surface area contributed by atoms with Gasteiger partial charge in [-0.3, -0.25) is 32.7 Å². The Bertz CT molecular complexity index is 3900. The zero-order valence-electron chi connectivity index (χ0n) is 52.8. The van der Waals surface area contributed by atoms with E-state index >= 15 is 0 Å². The number of nitrogens with zero attached hydrogens (tertiary/aromatic N) is 24. The molecule has 0 fully saturated rings. The first-order chi connectivity index (χ1) is 38.8. The van der Waals surface area contributed by atoms with Crippen LogP contribution in [0.3, 0.4) is 0 Å². The summed E-state index contributed by atoms with van der Waals surface area (Å²) in [6, 6.07) is 0. The Kier molecular flexibility index (Phi) is 30.4. The first-order valence-corrected chi connectivity index (χ1v) is 25.9. The van der Waals surface area contributed by atoms with Crippen molar-refractivity contribution in [1.29, 1.82) is 0 Å². The van der Waals surface area contributed by atoms with E-state index in [1.807, 2.05) is 71.3 Å². The molecule has 0 aliphatic carbocycles. The van der Waals surface area contributed by atoms with Gasteiger partial charge in [-0.25, -0.2) is 76.1 Å². The molecule has 0 aliphatic heterocycles. The van der Waals surface area contributed by atoms with Crippen LogP contribution in [-0.2, 0) is 120 Å². The van der Waals surface area contributed by atoms with Gasteiger partial charge in [-0.2, -0.15) is 25.5 Å². The second-order valence-electron chi connectivity index (χ2n) is 18.0. The third-order valence-electron chi connectivity index (χ3n) is 11.5. The molecule has 0 bridgehead atoms. The molecule has 9 rings (SSSR count). The van der Waals surface area contributed by atoms with Crippen LogP contribution < -0.4 is 50.8 Å². The van der Waals surface area contributed by atoms with Crippen molar-refractivity contribution in [3.63, 3.8) is 0 Å². The van der Waals surface area contributed by atoms with Crippen molar-refractivity contribution in [1.82, 2.24) is 114 Å². The highest BCUT2D eigenvalue weighted by Gasteiger charge is 2.05. The van der Waals surface area contributed by atoms with Crippen LogP contribution in [0, 0.1) is 51.1 Å². The maximum Gasteiger partial charge on any atom is 0.346 e. The number of aromatic nitrogens is 24. The van der Waals surface area contributed by atoms with E-state index in [2.05, 4.69) is 35.5 Å². The fourth-order valence-electron chi connectivity index (χ4n) is 6.10. The average molecular weight is 1220 g/mol. The van der Waals surface area contributed by atoms with Gasteiger partial charge in [0.15, 0.2) is 9.54 Å². The van der Waals surface area contributed by atoms with E-state index in [1.54, 1.807) is 130 Å². The van der Waals surface area contributed by atoms with E-state index in [9.17, 15) is 43.2 Å². The Morgan fingerprint density at radius 1 is 0.369 bits per heavy atom. The molecule has 0 amide bonds. The summed E-state index contributed by atoms with van der Waals surface area (Å²) < 4.78 is 25.7. The molecule has 0 saturated heterocycles. The van der Waals surface area contributed by atoms with Gasteiger partial charge in [-0.05, 0) is 66.0 Å². The Hall–Kier alpha value is -9.28. The molecule has 0 spiro atoms. The molecule has 0 aliphatic rings. The maximum atomic E-state index is 11.1. The molecule has 35 heteroatoms. The molecule has 464 valence electrons. The van der Waals surface area contributed by atoms with E-state index < -0.39 is 5.69 Å². The normalized spacial score (nSPS) is 9.77. The van der Waals surface area contributed by atoms with E-state index in [1.165, 1.54) is 77.7 Å². The summed E-state index contributed by atoms with van der Waals surface area (Å²) >= 11 is 9.87. The predicted octanol–water partition coefficient (Wildman–Crippen LogP) is -1.72. The number of aryl methyl sites for hydroxylation is 15. The van der Waals surface area contributed by atoms with Gasteiger partial charge in [0.2, 0.25) is 0 Å². The lowest BCUT2D eigenvalue weighted by Crippen LogP contribution is -2.39. The van der Waals surface area contributed by atoms with Gasteiger partial charge in [0, 0.05) is 156 Å². The van der Waals surface area contributed by atoms with Crippen molar-refractivity contribution in [2.45, 2.75) is 55.4 Å². The lowest BCUT2D eigenvalue weighted by atomic mass is 10.4. The summed E-state index contributed by atoms with van der Waals surface area (Å²) in [7, 11) is 28.3. The Morgan fingerprint density at radius 3 is 1.05 bits per heavy atom. The Morgan fingerprint density at radius 2 is 0.798 bits per heavy atom. The van der Waals surface area contributed by atoms with Crippen molar-refractivity contribution in [3.05, 3.63) is 182 Å². The number of rotatable bonds is 0. The molecule has 0 N–H and O–H groups in total. The van der Waals surface area contributed by atoms with E-state index in [-0.39, 0.29) is 45.1 Å². The summed E-state index contributed by atoms with van der Waals surface area (Å²) in [6.07, 6.45) is 11.7. The van der Waals surface area contributed by atoms with Crippen molar-refractivity contribution in [3.8, 4) is 0 Å². The fourth-order valence-corrected chi connectivity index (χ4v) is 6.37. The maximum absolute atomic E-state index is 11.1. The molecule has 0 aromatic carbocycles. The van der Waals surface area contributed by atoms with Crippen LogP contribution in [-0.4, -0.2) is 114 Å². The van der Waals surface area contributed by atoms with Crippen LogP contribution in [0.4, 0.5) is 0 Å². The van der Waals surface area contributed by atoms with E-state index in [0.29, 0.717) is 16.8 Å². The summed E-state index contributed by atoms with van der Waals surface area (Å²) in [5.74, 6) is 2.42. The zero-order valence-corrected chi connectivity index (χ0v) is 54.4. The van der Waals surface area contributed by atoms with Crippen LogP contribution in [0.15, 0.2) is 86.9 Å². The van der Waals surface area contributed by atoms with Crippen molar-refractivity contribution in [2.75, 3.05) is 0 Å². The Balaban J connectivity index is 0.000000922. The number of hydrogen-bond acceptors (Lipinski definition) is 18. The largest absolute Gasteiger partial charge is 0.346 e. The molecule has 0 saturated carbocycles. The average Bonchev–Trinajstić information content (AvgIpc) is 4.34. The minimum absolute atomic E-state index is 0.0185. The molecule has 33 nitrogen and oxygen atoms in total. The lowest BCUT2D eigenvalue weighted by Gasteiger charge is -2.01. The molecule has 9 aromatic rings. The van der Waals surface area contributed by atoms with Crippen LogP contribution >= 0.6 is 24.4 Å². The van der Waals surface area contributed by atoms with Crippen molar-refractivity contribution < 1.29 is 0 Å². The van der Waals surface area contributed by atoms with Crippen molar-refractivity contribution in [2.24, 2.45) is 120 Å². The van der Waals surface area contributed by atoms with Gasteiger partial charge >= 0.3 is 34.1 Å². The fraction of sp³-hybridized carbons (Fsp3) is 0.510. The number of hydrogen-bond donors (Lipinski definition) is 0.